The monoisotopic (exact) mass is 383 g/mol. The summed E-state index contributed by atoms with van der Waals surface area (Å²) in [5.41, 5.74) is 0. The van der Waals surface area contributed by atoms with Gasteiger partial charge in [-0.15, -0.1) is 24.8 Å². The highest BCUT2D eigenvalue weighted by Gasteiger charge is 2.35. The van der Waals surface area contributed by atoms with Gasteiger partial charge < -0.3 is 15.4 Å². The number of carbonyl (C=O) groups excluding carboxylic acids is 1. The molecule has 2 saturated heterocycles. The summed E-state index contributed by atoms with van der Waals surface area (Å²) in [5.74, 6) is 1.02. The Hall–Kier alpha value is -0.0700. The van der Waals surface area contributed by atoms with E-state index in [1.165, 1.54) is 0 Å². The molecule has 0 spiro atoms. The molecular formula is C17H35Cl2N3O2. The van der Waals surface area contributed by atoms with Gasteiger partial charge in [0, 0.05) is 25.7 Å². The Balaban J connectivity index is 0.00000264. The molecule has 2 aliphatic rings. The van der Waals surface area contributed by atoms with Crippen molar-refractivity contribution in [2.24, 2.45) is 11.8 Å². The topological polar surface area (TPSA) is 53.6 Å². The molecule has 0 aromatic heterocycles. The number of carbonyl (C=O) groups is 1. The average molecular weight is 384 g/mol. The quantitative estimate of drug-likeness (QED) is 0.779. The van der Waals surface area contributed by atoms with Crippen LogP contribution in [0.5, 0.6) is 0 Å². The Labute approximate surface area is 159 Å². The van der Waals surface area contributed by atoms with E-state index in [1.54, 1.807) is 0 Å². The lowest BCUT2D eigenvalue weighted by Gasteiger charge is -2.42. The van der Waals surface area contributed by atoms with Crippen molar-refractivity contribution in [3.05, 3.63) is 0 Å². The van der Waals surface area contributed by atoms with Crippen molar-refractivity contribution in [1.82, 2.24) is 15.5 Å². The van der Waals surface area contributed by atoms with E-state index in [4.69, 9.17) is 4.74 Å². The molecule has 5 nitrogen and oxygen atoms in total. The van der Waals surface area contributed by atoms with Crippen molar-refractivity contribution in [2.75, 3.05) is 26.2 Å². The maximum Gasteiger partial charge on any atom is 0.237 e. The highest BCUT2D eigenvalue weighted by Crippen LogP contribution is 2.20. The standard InChI is InChI=1S/C17H33N3O2.2ClH/c1-11(2)16(20-9-13(4)22-14(5)10-20)17(21)19-15-8-18-7-6-12(15)3;;/h11-16,18H,6-10H2,1-5H3,(H,19,21);2*1H. The first kappa shape index (κ1) is 23.9. The molecule has 0 aliphatic carbocycles. The van der Waals surface area contributed by atoms with Gasteiger partial charge in [-0.05, 0) is 38.6 Å². The summed E-state index contributed by atoms with van der Waals surface area (Å²) in [6.45, 7) is 14.3. The largest absolute Gasteiger partial charge is 0.373 e. The van der Waals surface area contributed by atoms with Crippen LogP contribution in [0.3, 0.4) is 0 Å². The Kier molecular flexibility index (Phi) is 10.8. The molecule has 5 atom stereocenters. The second-order valence-corrected chi connectivity index (χ2v) is 7.49. The molecule has 1 amide bonds. The van der Waals surface area contributed by atoms with E-state index in [1.807, 2.05) is 0 Å². The molecule has 2 fully saturated rings. The van der Waals surface area contributed by atoms with Gasteiger partial charge in [0.05, 0.1) is 18.2 Å². The number of hydrogen-bond acceptors (Lipinski definition) is 4. The van der Waals surface area contributed by atoms with Crippen molar-refractivity contribution in [1.29, 1.82) is 0 Å². The van der Waals surface area contributed by atoms with Gasteiger partial charge >= 0.3 is 0 Å². The number of ether oxygens (including phenoxy) is 1. The van der Waals surface area contributed by atoms with E-state index in [0.29, 0.717) is 11.8 Å². The number of nitrogens with one attached hydrogen (secondary N) is 2. The molecule has 2 aliphatic heterocycles. The van der Waals surface area contributed by atoms with E-state index in [-0.39, 0.29) is 55.0 Å². The van der Waals surface area contributed by atoms with E-state index in [2.05, 4.69) is 50.2 Å². The summed E-state index contributed by atoms with van der Waals surface area (Å²) in [4.78, 5) is 15.2. The summed E-state index contributed by atoms with van der Waals surface area (Å²) in [5, 5.41) is 6.68. The van der Waals surface area contributed by atoms with Crippen LogP contribution in [-0.2, 0) is 9.53 Å². The third-order valence-electron chi connectivity index (χ3n) is 4.90. The van der Waals surface area contributed by atoms with E-state index >= 15 is 0 Å². The fourth-order valence-corrected chi connectivity index (χ4v) is 3.79. The zero-order valence-corrected chi connectivity index (χ0v) is 17.2. The number of amides is 1. The molecule has 0 radical (unpaired) electrons. The zero-order valence-electron chi connectivity index (χ0n) is 15.6. The summed E-state index contributed by atoms with van der Waals surface area (Å²) in [7, 11) is 0. The van der Waals surface area contributed by atoms with Gasteiger partial charge in [-0.3, -0.25) is 9.69 Å². The Morgan fingerprint density at radius 1 is 1.17 bits per heavy atom. The van der Waals surface area contributed by atoms with Crippen LogP contribution in [0.4, 0.5) is 0 Å². The minimum Gasteiger partial charge on any atom is -0.373 e. The number of halogens is 2. The van der Waals surface area contributed by atoms with Crippen LogP contribution in [0.15, 0.2) is 0 Å². The normalized spacial score (nSPS) is 32.4. The summed E-state index contributed by atoms with van der Waals surface area (Å²) < 4.78 is 5.81. The van der Waals surface area contributed by atoms with E-state index < -0.39 is 0 Å². The lowest BCUT2D eigenvalue weighted by molar-refractivity contribution is -0.136. The SMILES string of the molecule is CC1CN(C(C(=O)NC2CNCCC2C)C(C)C)CC(C)O1.Cl.Cl. The second-order valence-electron chi connectivity index (χ2n) is 7.49. The number of nitrogens with zero attached hydrogens (tertiary/aromatic N) is 1. The molecule has 2 heterocycles. The van der Waals surface area contributed by atoms with E-state index in [9.17, 15) is 4.79 Å². The van der Waals surface area contributed by atoms with Gasteiger partial charge in [0.25, 0.3) is 0 Å². The van der Waals surface area contributed by atoms with E-state index in [0.717, 1.165) is 32.6 Å². The average Bonchev–Trinajstić information content (AvgIpc) is 2.40. The van der Waals surface area contributed by atoms with Crippen molar-refractivity contribution in [3.63, 3.8) is 0 Å². The number of morpholine rings is 1. The third kappa shape index (κ3) is 6.34. The van der Waals surface area contributed by atoms with Gasteiger partial charge in [0.15, 0.2) is 0 Å². The molecule has 0 aromatic rings. The van der Waals surface area contributed by atoms with Gasteiger partial charge in [-0.1, -0.05) is 20.8 Å². The lowest BCUT2D eigenvalue weighted by atomic mass is 9.93. The highest BCUT2D eigenvalue weighted by molar-refractivity contribution is 5.85. The fraction of sp³-hybridized carbons (Fsp3) is 0.941. The summed E-state index contributed by atoms with van der Waals surface area (Å²) >= 11 is 0. The van der Waals surface area contributed by atoms with Crippen LogP contribution in [0.25, 0.3) is 0 Å². The summed E-state index contributed by atoms with van der Waals surface area (Å²) in [6.07, 6.45) is 1.50. The van der Waals surface area contributed by atoms with Crippen LogP contribution in [0.1, 0.15) is 41.0 Å². The minimum absolute atomic E-state index is 0. The minimum atomic E-state index is -0.0667. The third-order valence-corrected chi connectivity index (χ3v) is 4.90. The molecular weight excluding hydrogens is 349 g/mol. The first-order chi connectivity index (χ1) is 10.4. The molecule has 5 unspecified atom stereocenters. The Morgan fingerprint density at radius 2 is 1.75 bits per heavy atom. The fourth-order valence-electron chi connectivity index (χ4n) is 3.79. The predicted molar refractivity (Wildman–Crippen MR) is 103 cm³/mol. The molecule has 0 bridgehead atoms. The van der Waals surface area contributed by atoms with Crippen LogP contribution in [-0.4, -0.2) is 61.3 Å². The number of piperidine rings is 1. The number of rotatable bonds is 4. The Morgan fingerprint density at radius 3 is 2.25 bits per heavy atom. The van der Waals surface area contributed by atoms with Crippen molar-refractivity contribution in [2.45, 2.75) is 65.3 Å². The van der Waals surface area contributed by atoms with Gasteiger partial charge in [-0.2, -0.15) is 0 Å². The van der Waals surface area contributed by atoms with Crippen molar-refractivity contribution in [3.8, 4) is 0 Å². The Bertz CT molecular complexity index is 375. The molecule has 24 heavy (non-hydrogen) atoms. The van der Waals surface area contributed by atoms with Gasteiger partial charge in [-0.25, -0.2) is 0 Å². The molecule has 0 aromatic carbocycles. The van der Waals surface area contributed by atoms with Crippen LogP contribution < -0.4 is 10.6 Å². The van der Waals surface area contributed by atoms with Crippen molar-refractivity contribution < 1.29 is 9.53 Å². The maximum atomic E-state index is 12.9. The molecule has 7 heteroatoms. The smallest absolute Gasteiger partial charge is 0.237 e. The van der Waals surface area contributed by atoms with Crippen LogP contribution in [0.2, 0.25) is 0 Å². The van der Waals surface area contributed by atoms with Gasteiger partial charge in [0.2, 0.25) is 5.91 Å². The highest BCUT2D eigenvalue weighted by atomic mass is 35.5. The second kappa shape index (κ2) is 10.8. The van der Waals surface area contributed by atoms with Crippen LogP contribution in [0, 0.1) is 11.8 Å². The van der Waals surface area contributed by atoms with Crippen molar-refractivity contribution >= 4 is 30.7 Å². The zero-order chi connectivity index (χ0) is 16.3. The molecule has 0 saturated carbocycles. The van der Waals surface area contributed by atoms with Crippen LogP contribution >= 0.6 is 24.8 Å². The molecule has 144 valence electrons. The first-order valence-corrected chi connectivity index (χ1v) is 8.79. The lowest BCUT2D eigenvalue weighted by Crippen LogP contribution is -2.60. The van der Waals surface area contributed by atoms with Gasteiger partial charge in [0.1, 0.15) is 0 Å². The predicted octanol–water partition coefficient (Wildman–Crippen LogP) is 2.08. The molecule has 2 N–H and O–H groups in total. The number of hydrogen-bond donors (Lipinski definition) is 2. The maximum absolute atomic E-state index is 12.9. The summed E-state index contributed by atoms with van der Waals surface area (Å²) in [6, 6.07) is 0.182. The first-order valence-electron chi connectivity index (χ1n) is 8.79. The molecule has 2 rings (SSSR count).